The summed E-state index contributed by atoms with van der Waals surface area (Å²) in [6.45, 7) is 2.20. The van der Waals surface area contributed by atoms with Crippen molar-refractivity contribution in [3.8, 4) is 5.75 Å². The molecule has 3 aliphatic rings. The van der Waals surface area contributed by atoms with Gasteiger partial charge >= 0.3 is 0 Å². The highest BCUT2D eigenvalue weighted by atomic mass is 16.5. The third kappa shape index (κ3) is 4.15. The van der Waals surface area contributed by atoms with Gasteiger partial charge in [0.25, 0.3) is 5.56 Å². The van der Waals surface area contributed by atoms with Crippen molar-refractivity contribution < 1.29 is 9.53 Å². The van der Waals surface area contributed by atoms with E-state index in [4.69, 9.17) is 9.72 Å². The van der Waals surface area contributed by atoms with E-state index in [0.29, 0.717) is 28.8 Å². The summed E-state index contributed by atoms with van der Waals surface area (Å²) in [6.07, 6.45) is 5.99. The lowest BCUT2D eigenvalue weighted by Crippen LogP contribution is -2.38. The second kappa shape index (κ2) is 9.36. The summed E-state index contributed by atoms with van der Waals surface area (Å²) in [4.78, 5) is 36.6. The zero-order valence-corrected chi connectivity index (χ0v) is 21.0. The summed E-state index contributed by atoms with van der Waals surface area (Å²) in [5, 5.41) is 7.44. The molecule has 2 aromatic heterocycles. The van der Waals surface area contributed by atoms with Gasteiger partial charge in [-0.05, 0) is 86.5 Å². The van der Waals surface area contributed by atoms with Gasteiger partial charge in [0.15, 0.2) is 5.78 Å². The molecule has 0 amide bonds. The number of nitrogens with one attached hydrogen (secondary N) is 2. The van der Waals surface area contributed by atoms with Crippen LogP contribution >= 0.6 is 0 Å². The largest absolute Gasteiger partial charge is 0.490 e. The van der Waals surface area contributed by atoms with Crippen LogP contribution in [0, 0.1) is 0 Å². The standard InChI is InChI=1S/C30H29N5O3/c36-27-23-3-1-2-4-26(23)38-17-25(27)35-28-21(15-24(29(35)37)20-5-6-20)16-32-30(34-28)33-22-9-7-18(8-10-22)19-11-13-31-14-12-19/h1-4,7-10,15-16,19-20,25,31H,5-6,11-14,17H2,(H,32,33,34). The monoisotopic (exact) mass is 507 g/mol. The second-order valence-electron chi connectivity index (χ2n) is 10.5. The molecule has 7 rings (SSSR count). The molecule has 0 bridgehead atoms. The van der Waals surface area contributed by atoms with Crippen LogP contribution in [0.4, 0.5) is 11.6 Å². The SMILES string of the molecule is O=C1c2ccccc2OCC1n1c(=O)c(C2CC2)cc2cnc(Nc3ccc(C4CCNCC4)cc3)nc21. The van der Waals surface area contributed by atoms with E-state index < -0.39 is 6.04 Å². The van der Waals surface area contributed by atoms with Crippen molar-refractivity contribution in [3.05, 3.63) is 87.8 Å². The maximum absolute atomic E-state index is 13.7. The first-order valence-electron chi connectivity index (χ1n) is 13.4. The molecule has 192 valence electrons. The minimum Gasteiger partial charge on any atom is -0.490 e. The van der Waals surface area contributed by atoms with Gasteiger partial charge in [-0.2, -0.15) is 4.98 Å². The van der Waals surface area contributed by atoms with Gasteiger partial charge in [-0.1, -0.05) is 24.3 Å². The number of piperidine rings is 1. The summed E-state index contributed by atoms with van der Waals surface area (Å²) >= 11 is 0. The minimum absolute atomic E-state index is 0.0872. The van der Waals surface area contributed by atoms with Gasteiger partial charge in [0, 0.05) is 22.8 Å². The molecule has 38 heavy (non-hydrogen) atoms. The van der Waals surface area contributed by atoms with Crippen molar-refractivity contribution in [2.45, 2.75) is 43.6 Å². The van der Waals surface area contributed by atoms with Crippen LogP contribution < -0.4 is 20.9 Å². The van der Waals surface area contributed by atoms with E-state index in [-0.39, 0.29) is 23.9 Å². The highest BCUT2D eigenvalue weighted by molar-refractivity contribution is 6.03. The van der Waals surface area contributed by atoms with E-state index >= 15 is 0 Å². The number of ether oxygens (including phenoxy) is 1. The quantitative estimate of drug-likeness (QED) is 0.404. The molecule has 8 nitrogen and oxygen atoms in total. The van der Waals surface area contributed by atoms with E-state index in [1.54, 1.807) is 18.3 Å². The highest BCUT2D eigenvalue weighted by Crippen LogP contribution is 2.40. The zero-order chi connectivity index (χ0) is 25.6. The lowest BCUT2D eigenvalue weighted by molar-refractivity contribution is 0.0841. The third-order valence-corrected chi connectivity index (χ3v) is 7.96. The van der Waals surface area contributed by atoms with E-state index in [9.17, 15) is 9.59 Å². The van der Waals surface area contributed by atoms with E-state index in [1.165, 1.54) is 10.1 Å². The maximum Gasteiger partial charge on any atom is 0.256 e. The van der Waals surface area contributed by atoms with Crippen molar-refractivity contribution in [1.82, 2.24) is 19.9 Å². The molecule has 4 aromatic rings. The normalized spacial score (nSPS) is 19.7. The molecule has 2 aliphatic heterocycles. The molecule has 0 spiro atoms. The predicted molar refractivity (Wildman–Crippen MR) is 146 cm³/mol. The first kappa shape index (κ1) is 23.1. The van der Waals surface area contributed by atoms with Crippen LogP contribution in [0.1, 0.15) is 65.0 Å². The van der Waals surface area contributed by atoms with Crippen LogP contribution in [0.3, 0.4) is 0 Å². The minimum atomic E-state index is -0.786. The van der Waals surface area contributed by atoms with Crippen LogP contribution in [-0.2, 0) is 0 Å². The number of nitrogens with zero attached hydrogens (tertiary/aromatic N) is 3. The Kier molecular flexibility index (Phi) is 5.69. The number of hydrogen-bond acceptors (Lipinski definition) is 7. The number of rotatable bonds is 5. The van der Waals surface area contributed by atoms with Crippen molar-refractivity contribution in [2.75, 3.05) is 25.0 Å². The van der Waals surface area contributed by atoms with Crippen molar-refractivity contribution in [2.24, 2.45) is 0 Å². The first-order chi connectivity index (χ1) is 18.7. The Labute approximate surface area is 220 Å². The molecule has 8 heteroatoms. The van der Waals surface area contributed by atoms with Crippen molar-refractivity contribution in [1.29, 1.82) is 0 Å². The maximum atomic E-state index is 13.7. The number of pyridine rings is 1. The Balaban J connectivity index is 1.26. The number of benzene rings is 2. The molecule has 2 N–H and O–H groups in total. The average Bonchev–Trinajstić information content (AvgIpc) is 3.80. The molecule has 1 aliphatic carbocycles. The molecule has 1 saturated carbocycles. The molecule has 0 radical (unpaired) electrons. The fourth-order valence-electron chi connectivity index (χ4n) is 5.71. The average molecular weight is 508 g/mol. The summed E-state index contributed by atoms with van der Waals surface area (Å²) in [7, 11) is 0. The van der Waals surface area contributed by atoms with E-state index in [0.717, 1.165) is 55.4 Å². The fraction of sp³-hybridized carbons (Fsp3) is 0.333. The number of Topliss-reactive ketones (excluding diaryl/α,β-unsaturated/α-hetero) is 1. The number of carbonyl (C=O) groups is 1. The topological polar surface area (TPSA) is 98.1 Å². The Hall–Kier alpha value is -4.04. The molecular formula is C30H29N5O3. The van der Waals surface area contributed by atoms with Gasteiger partial charge in [0.05, 0.1) is 5.56 Å². The van der Waals surface area contributed by atoms with Gasteiger partial charge in [0.1, 0.15) is 24.0 Å². The van der Waals surface area contributed by atoms with E-state index in [2.05, 4.69) is 27.8 Å². The van der Waals surface area contributed by atoms with Crippen LogP contribution in [0.15, 0.2) is 65.6 Å². The Bertz CT molecular complexity index is 1590. The molecule has 1 atom stereocenters. The second-order valence-corrected chi connectivity index (χ2v) is 10.5. The van der Waals surface area contributed by atoms with E-state index in [1.807, 2.05) is 30.3 Å². The van der Waals surface area contributed by atoms with Crippen LogP contribution in [0.25, 0.3) is 11.0 Å². The van der Waals surface area contributed by atoms with Crippen LogP contribution in [0.5, 0.6) is 5.75 Å². The predicted octanol–water partition coefficient (Wildman–Crippen LogP) is 4.70. The molecule has 2 fully saturated rings. The smallest absolute Gasteiger partial charge is 0.256 e. The number of anilines is 2. The summed E-state index contributed by atoms with van der Waals surface area (Å²) in [5.41, 5.74) is 3.69. The number of carbonyl (C=O) groups excluding carboxylic acids is 1. The van der Waals surface area contributed by atoms with Gasteiger partial charge in [-0.3, -0.25) is 14.2 Å². The van der Waals surface area contributed by atoms with Crippen molar-refractivity contribution in [3.63, 3.8) is 0 Å². The molecule has 4 heterocycles. The first-order valence-corrected chi connectivity index (χ1v) is 13.4. The summed E-state index contributed by atoms with van der Waals surface area (Å²) in [5.74, 6) is 1.60. The van der Waals surface area contributed by atoms with Gasteiger partial charge in [-0.25, -0.2) is 4.98 Å². The molecule has 1 saturated heterocycles. The lowest BCUT2D eigenvalue weighted by Gasteiger charge is -2.27. The Morgan fingerprint density at radius 3 is 2.53 bits per heavy atom. The number of fused-ring (bicyclic) bond motifs is 2. The highest BCUT2D eigenvalue weighted by Gasteiger charge is 2.35. The Morgan fingerprint density at radius 1 is 0.947 bits per heavy atom. The molecule has 2 aromatic carbocycles. The van der Waals surface area contributed by atoms with Gasteiger partial charge in [0.2, 0.25) is 5.95 Å². The fourth-order valence-corrected chi connectivity index (χ4v) is 5.71. The summed E-state index contributed by atoms with van der Waals surface area (Å²) in [6, 6.07) is 16.7. The van der Waals surface area contributed by atoms with Gasteiger partial charge < -0.3 is 15.4 Å². The molecule has 1 unspecified atom stereocenters. The third-order valence-electron chi connectivity index (χ3n) is 7.96. The van der Waals surface area contributed by atoms with Crippen molar-refractivity contribution >= 4 is 28.5 Å². The summed E-state index contributed by atoms with van der Waals surface area (Å²) < 4.78 is 7.46. The molecular weight excluding hydrogens is 478 g/mol. The Morgan fingerprint density at radius 2 is 1.74 bits per heavy atom. The number of para-hydroxylation sites is 1. The zero-order valence-electron chi connectivity index (χ0n) is 21.0. The van der Waals surface area contributed by atoms with Crippen LogP contribution in [-0.4, -0.2) is 40.0 Å². The number of aromatic nitrogens is 3. The number of ketones is 1. The van der Waals surface area contributed by atoms with Crippen LogP contribution in [0.2, 0.25) is 0 Å². The lowest BCUT2D eigenvalue weighted by atomic mass is 9.90. The number of hydrogen-bond donors (Lipinski definition) is 2. The van der Waals surface area contributed by atoms with Gasteiger partial charge in [-0.15, -0.1) is 0 Å².